The maximum Gasteiger partial charge on any atom is 0.254 e. The fourth-order valence-corrected chi connectivity index (χ4v) is 4.26. The molecule has 1 saturated heterocycles. The highest BCUT2D eigenvalue weighted by atomic mass is 16.2. The van der Waals surface area contributed by atoms with E-state index in [-0.39, 0.29) is 11.8 Å². The van der Waals surface area contributed by atoms with Crippen molar-refractivity contribution in [3.05, 3.63) is 96.3 Å². The smallest absolute Gasteiger partial charge is 0.254 e. The van der Waals surface area contributed by atoms with Crippen molar-refractivity contribution in [1.29, 1.82) is 0 Å². The Bertz CT molecular complexity index is 1120. The SMILES string of the molecule is O=C(C=Cc1cccnc1)NCCCCN1CCN(C(=O)c2ccccc2-c2ccccc2)CC1. The van der Waals surface area contributed by atoms with Gasteiger partial charge in [0.15, 0.2) is 0 Å². The van der Waals surface area contributed by atoms with Crippen LogP contribution in [0.15, 0.2) is 85.2 Å². The normalized spacial score (nSPS) is 14.2. The zero-order chi connectivity index (χ0) is 24.3. The molecule has 2 aromatic carbocycles. The van der Waals surface area contributed by atoms with Crippen molar-refractivity contribution >= 4 is 17.9 Å². The second-order valence-electron chi connectivity index (χ2n) is 8.66. The molecule has 3 aromatic rings. The molecule has 1 aliphatic heterocycles. The van der Waals surface area contributed by atoms with E-state index in [0.29, 0.717) is 6.54 Å². The topological polar surface area (TPSA) is 65.5 Å². The van der Waals surface area contributed by atoms with Crippen LogP contribution in [0.3, 0.4) is 0 Å². The predicted molar refractivity (Wildman–Crippen MR) is 140 cm³/mol. The quantitative estimate of drug-likeness (QED) is 0.379. The van der Waals surface area contributed by atoms with Crippen molar-refractivity contribution in [2.45, 2.75) is 12.8 Å². The van der Waals surface area contributed by atoms with E-state index < -0.39 is 0 Å². The Morgan fingerprint density at radius 2 is 1.66 bits per heavy atom. The van der Waals surface area contributed by atoms with Gasteiger partial charge in [-0.05, 0) is 54.3 Å². The predicted octanol–water partition coefficient (Wildman–Crippen LogP) is 4.12. The van der Waals surface area contributed by atoms with Crippen LogP contribution >= 0.6 is 0 Å². The van der Waals surface area contributed by atoms with Crippen LogP contribution in [0.25, 0.3) is 17.2 Å². The molecule has 0 atom stereocenters. The molecule has 1 aliphatic rings. The van der Waals surface area contributed by atoms with E-state index in [4.69, 9.17) is 0 Å². The second-order valence-corrected chi connectivity index (χ2v) is 8.66. The van der Waals surface area contributed by atoms with Gasteiger partial charge in [0.25, 0.3) is 5.91 Å². The molecule has 0 aliphatic carbocycles. The van der Waals surface area contributed by atoms with Crippen LogP contribution in [0.2, 0.25) is 0 Å². The molecule has 6 nitrogen and oxygen atoms in total. The largest absolute Gasteiger partial charge is 0.353 e. The molecular weight excluding hydrogens is 436 g/mol. The lowest BCUT2D eigenvalue weighted by molar-refractivity contribution is -0.116. The maximum absolute atomic E-state index is 13.3. The first kappa shape index (κ1) is 24.4. The van der Waals surface area contributed by atoms with Gasteiger partial charge in [0.05, 0.1) is 0 Å². The highest BCUT2D eigenvalue weighted by Gasteiger charge is 2.23. The molecule has 0 radical (unpaired) electrons. The summed E-state index contributed by atoms with van der Waals surface area (Å²) in [6.45, 7) is 4.85. The third-order valence-electron chi connectivity index (χ3n) is 6.21. The lowest BCUT2D eigenvalue weighted by Crippen LogP contribution is -2.49. The minimum atomic E-state index is -0.0863. The summed E-state index contributed by atoms with van der Waals surface area (Å²) in [7, 11) is 0. The summed E-state index contributed by atoms with van der Waals surface area (Å²) in [4.78, 5) is 33.6. The number of unbranched alkanes of at least 4 members (excludes halogenated alkanes) is 1. The molecule has 2 heterocycles. The first-order valence-electron chi connectivity index (χ1n) is 12.2. The molecule has 1 fully saturated rings. The van der Waals surface area contributed by atoms with Gasteiger partial charge in [-0.1, -0.05) is 54.6 Å². The molecule has 0 bridgehead atoms. The summed E-state index contributed by atoms with van der Waals surface area (Å²) >= 11 is 0. The molecule has 0 unspecified atom stereocenters. The molecule has 0 spiro atoms. The van der Waals surface area contributed by atoms with Crippen LogP contribution in [0, 0.1) is 0 Å². The third kappa shape index (κ3) is 7.11. The van der Waals surface area contributed by atoms with E-state index in [0.717, 1.165) is 67.8 Å². The van der Waals surface area contributed by atoms with Crippen LogP contribution < -0.4 is 5.32 Å². The zero-order valence-corrected chi connectivity index (χ0v) is 20.0. The van der Waals surface area contributed by atoms with E-state index >= 15 is 0 Å². The van der Waals surface area contributed by atoms with Crippen LogP contribution in [0.4, 0.5) is 0 Å². The standard InChI is InChI=1S/C29H32N4O2/c34-28(15-14-24-9-8-16-30-23-24)31-17-6-7-18-32-19-21-33(22-20-32)29(35)27-13-5-4-12-26(27)25-10-2-1-3-11-25/h1-5,8-16,23H,6-7,17-22H2,(H,31,34). The van der Waals surface area contributed by atoms with Crippen molar-refractivity contribution in [3.8, 4) is 11.1 Å². The minimum Gasteiger partial charge on any atom is -0.353 e. The van der Waals surface area contributed by atoms with E-state index in [1.807, 2.05) is 71.6 Å². The number of hydrogen-bond acceptors (Lipinski definition) is 4. The summed E-state index contributed by atoms with van der Waals surface area (Å²) in [5, 5.41) is 2.93. The van der Waals surface area contributed by atoms with Gasteiger partial charge in [-0.15, -0.1) is 0 Å². The molecule has 35 heavy (non-hydrogen) atoms. The number of aromatic nitrogens is 1. The lowest BCUT2D eigenvalue weighted by Gasteiger charge is -2.35. The Labute approximate surface area is 207 Å². The minimum absolute atomic E-state index is 0.0863. The van der Waals surface area contributed by atoms with Crippen molar-refractivity contribution < 1.29 is 9.59 Å². The van der Waals surface area contributed by atoms with Crippen LogP contribution in [0.5, 0.6) is 0 Å². The van der Waals surface area contributed by atoms with Gasteiger partial charge in [0.1, 0.15) is 0 Å². The number of pyridine rings is 1. The Hall–Kier alpha value is -3.77. The summed E-state index contributed by atoms with van der Waals surface area (Å²) in [5.74, 6) is 0.0166. The molecule has 2 amide bonds. The van der Waals surface area contributed by atoms with Crippen molar-refractivity contribution in [3.63, 3.8) is 0 Å². The number of rotatable bonds is 9. The average molecular weight is 469 g/mol. The molecular formula is C29H32N4O2. The molecule has 4 rings (SSSR count). The van der Waals surface area contributed by atoms with E-state index in [1.54, 1.807) is 24.5 Å². The molecule has 180 valence electrons. The van der Waals surface area contributed by atoms with Gasteiger partial charge in [0.2, 0.25) is 5.91 Å². The van der Waals surface area contributed by atoms with Crippen LogP contribution in [-0.2, 0) is 4.79 Å². The van der Waals surface area contributed by atoms with Gasteiger partial charge >= 0.3 is 0 Å². The van der Waals surface area contributed by atoms with Gasteiger partial charge in [0, 0.05) is 56.8 Å². The van der Waals surface area contributed by atoms with Crippen molar-refractivity contribution in [2.75, 3.05) is 39.3 Å². The van der Waals surface area contributed by atoms with Crippen molar-refractivity contribution in [1.82, 2.24) is 20.1 Å². The maximum atomic E-state index is 13.3. The van der Waals surface area contributed by atoms with E-state index in [1.165, 1.54) is 0 Å². The lowest BCUT2D eigenvalue weighted by atomic mass is 9.98. The fraction of sp³-hybridized carbons (Fsp3) is 0.276. The number of nitrogens with zero attached hydrogens (tertiary/aromatic N) is 3. The van der Waals surface area contributed by atoms with Crippen LogP contribution in [-0.4, -0.2) is 65.9 Å². The van der Waals surface area contributed by atoms with Crippen molar-refractivity contribution in [2.24, 2.45) is 0 Å². The number of carbonyl (C=O) groups excluding carboxylic acids is 2. The average Bonchev–Trinajstić information content (AvgIpc) is 2.93. The molecule has 0 saturated carbocycles. The summed E-state index contributed by atoms with van der Waals surface area (Å²) in [6.07, 6.45) is 8.68. The zero-order valence-electron chi connectivity index (χ0n) is 20.0. The highest BCUT2D eigenvalue weighted by Crippen LogP contribution is 2.25. The van der Waals surface area contributed by atoms with Crippen LogP contribution in [0.1, 0.15) is 28.8 Å². The summed E-state index contributed by atoms with van der Waals surface area (Å²) in [6, 6.07) is 21.7. The number of carbonyl (C=O) groups is 2. The van der Waals surface area contributed by atoms with Gasteiger partial charge in [-0.25, -0.2) is 0 Å². The fourth-order valence-electron chi connectivity index (χ4n) is 4.26. The van der Waals surface area contributed by atoms with Gasteiger partial charge in [-0.2, -0.15) is 0 Å². The van der Waals surface area contributed by atoms with Gasteiger partial charge in [-0.3, -0.25) is 19.5 Å². The summed E-state index contributed by atoms with van der Waals surface area (Å²) in [5.41, 5.74) is 3.72. The highest BCUT2D eigenvalue weighted by molar-refractivity contribution is 6.01. The Morgan fingerprint density at radius 3 is 2.43 bits per heavy atom. The second kappa shape index (κ2) is 12.6. The summed E-state index contributed by atoms with van der Waals surface area (Å²) < 4.78 is 0. The Balaban J connectivity index is 1.17. The number of amides is 2. The van der Waals surface area contributed by atoms with E-state index in [9.17, 15) is 9.59 Å². The first-order chi connectivity index (χ1) is 17.2. The molecule has 1 aromatic heterocycles. The third-order valence-corrected chi connectivity index (χ3v) is 6.21. The number of hydrogen-bond donors (Lipinski definition) is 1. The number of nitrogens with one attached hydrogen (secondary N) is 1. The Morgan fingerprint density at radius 1 is 0.886 bits per heavy atom. The number of benzene rings is 2. The number of piperazine rings is 1. The first-order valence-corrected chi connectivity index (χ1v) is 12.2. The molecule has 1 N–H and O–H groups in total. The molecule has 6 heteroatoms. The van der Waals surface area contributed by atoms with E-state index in [2.05, 4.69) is 15.2 Å². The van der Waals surface area contributed by atoms with Gasteiger partial charge < -0.3 is 10.2 Å². The Kier molecular flexibility index (Phi) is 8.79. The monoisotopic (exact) mass is 468 g/mol.